The second kappa shape index (κ2) is 6.55. The second-order valence-corrected chi connectivity index (χ2v) is 5.97. The Morgan fingerprint density at radius 1 is 1.33 bits per heavy atom. The van der Waals surface area contributed by atoms with Crippen LogP contribution in [0.2, 0.25) is 0 Å². The number of aliphatic hydroxyl groups is 1. The van der Waals surface area contributed by atoms with Gasteiger partial charge in [0.25, 0.3) is 0 Å². The topological polar surface area (TPSA) is 35.5 Å². The van der Waals surface area contributed by atoms with E-state index in [-0.39, 0.29) is 6.61 Å². The molecule has 1 heterocycles. The summed E-state index contributed by atoms with van der Waals surface area (Å²) >= 11 is 3.47. The highest BCUT2D eigenvalue weighted by atomic mass is 79.9. The standard InChI is InChI=1S/C14H21BrN2O/c1-11-8-16-9-14(6-7-18)17(10-11)13-4-2-12(15)3-5-13/h2-5,11,14,16,18H,6-10H2,1H3. The summed E-state index contributed by atoms with van der Waals surface area (Å²) in [6.07, 6.45) is 0.815. The molecule has 0 saturated carbocycles. The van der Waals surface area contributed by atoms with Crippen molar-refractivity contribution in [3.63, 3.8) is 0 Å². The number of aliphatic hydroxyl groups excluding tert-OH is 1. The minimum absolute atomic E-state index is 0.244. The molecule has 2 atom stereocenters. The van der Waals surface area contributed by atoms with E-state index in [1.807, 2.05) is 0 Å². The van der Waals surface area contributed by atoms with Gasteiger partial charge in [-0.2, -0.15) is 0 Å². The Morgan fingerprint density at radius 3 is 2.72 bits per heavy atom. The Bertz CT molecular complexity index is 369. The van der Waals surface area contributed by atoms with E-state index in [0.29, 0.717) is 12.0 Å². The summed E-state index contributed by atoms with van der Waals surface area (Å²) < 4.78 is 1.10. The summed E-state index contributed by atoms with van der Waals surface area (Å²) in [5.74, 6) is 0.623. The molecule has 100 valence electrons. The third-order valence-electron chi connectivity index (χ3n) is 3.44. The number of benzene rings is 1. The molecule has 0 aliphatic carbocycles. The highest BCUT2D eigenvalue weighted by Gasteiger charge is 2.23. The van der Waals surface area contributed by atoms with Crippen molar-refractivity contribution in [3.05, 3.63) is 28.7 Å². The van der Waals surface area contributed by atoms with Crippen molar-refractivity contribution < 1.29 is 5.11 Å². The number of hydrogen-bond acceptors (Lipinski definition) is 3. The summed E-state index contributed by atoms with van der Waals surface area (Å²) in [7, 11) is 0. The van der Waals surface area contributed by atoms with Gasteiger partial charge >= 0.3 is 0 Å². The minimum atomic E-state index is 0.244. The second-order valence-electron chi connectivity index (χ2n) is 5.06. The van der Waals surface area contributed by atoms with Crippen molar-refractivity contribution in [2.75, 3.05) is 31.1 Å². The van der Waals surface area contributed by atoms with Crippen LogP contribution < -0.4 is 10.2 Å². The Kier molecular flexibility index (Phi) is 5.03. The maximum absolute atomic E-state index is 9.22. The molecular weight excluding hydrogens is 292 g/mol. The van der Waals surface area contributed by atoms with Gasteiger partial charge in [0.05, 0.1) is 0 Å². The van der Waals surface area contributed by atoms with Crippen LogP contribution in [0.1, 0.15) is 13.3 Å². The van der Waals surface area contributed by atoms with E-state index in [9.17, 15) is 5.11 Å². The maximum atomic E-state index is 9.22. The van der Waals surface area contributed by atoms with Crippen LogP contribution >= 0.6 is 15.9 Å². The number of nitrogens with one attached hydrogen (secondary N) is 1. The number of rotatable bonds is 3. The molecule has 2 N–H and O–H groups in total. The molecular formula is C14H21BrN2O. The van der Waals surface area contributed by atoms with Crippen molar-refractivity contribution in [1.82, 2.24) is 5.32 Å². The molecule has 0 radical (unpaired) electrons. The van der Waals surface area contributed by atoms with E-state index < -0.39 is 0 Å². The fraction of sp³-hybridized carbons (Fsp3) is 0.571. The molecule has 1 aromatic carbocycles. The zero-order chi connectivity index (χ0) is 13.0. The van der Waals surface area contributed by atoms with Gasteiger partial charge in [0.1, 0.15) is 0 Å². The van der Waals surface area contributed by atoms with Crippen LogP contribution in [0.4, 0.5) is 5.69 Å². The van der Waals surface area contributed by atoms with E-state index in [0.717, 1.165) is 30.5 Å². The highest BCUT2D eigenvalue weighted by Crippen LogP contribution is 2.23. The van der Waals surface area contributed by atoms with Gasteiger partial charge in [0, 0.05) is 35.9 Å². The fourth-order valence-electron chi connectivity index (χ4n) is 2.51. The summed E-state index contributed by atoms with van der Waals surface area (Å²) in [6, 6.07) is 8.82. The van der Waals surface area contributed by atoms with Gasteiger partial charge in [0.2, 0.25) is 0 Å². The average molecular weight is 313 g/mol. The molecule has 1 aliphatic heterocycles. The van der Waals surface area contributed by atoms with Gasteiger partial charge in [-0.1, -0.05) is 22.9 Å². The third kappa shape index (κ3) is 3.46. The van der Waals surface area contributed by atoms with Crippen molar-refractivity contribution >= 4 is 21.6 Å². The third-order valence-corrected chi connectivity index (χ3v) is 3.97. The quantitative estimate of drug-likeness (QED) is 0.898. The molecule has 0 spiro atoms. The molecule has 0 amide bonds. The molecule has 3 nitrogen and oxygen atoms in total. The van der Waals surface area contributed by atoms with E-state index in [4.69, 9.17) is 0 Å². The maximum Gasteiger partial charge on any atom is 0.0451 e. The normalized spacial score (nSPS) is 24.9. The van der Waals surface area contributed by atoms with Crippen LogP contribution in [0.25, 0.3) is 0 Å². The molecule has 2 rings (SSSR count). The lowest BCUT2D eigenvalue weighted by atomic mass is 10.1. The Hall–Kier alpha value is -0.580. The first-order valence-corrected chi connectivity index (χ1v) is 7.34. The van der Waals surface area contributed by atoms with Crippen LogP contribution in [0.15, 0.2) is 28.7 Å². The van der Waals surface area contributed by atoms with Gasteiger partial charge in [-0.25, -0.2) is 0 Å². The average Bonchev–Trinajstić information content (AvgIpc) is 2.53. The molecule has 1 aromatic rings. The van der Waals surface area contributed by atoms with Crippen LogP contribution in [0, 0.1) is 5.92 Å². The van der Waals surface area contributed by atoms with E-state index in [2.05, 4.69) is 57.3 Å². The van der Waals surface area contributed by atoms with Crippen molar-refractivity contribution in [3.8, 4) is 0 Å². The zero-order valence-corrected chi connectivity index (χ0v) is 12.4. The lowest BCUT2D eigenvalue weighted by molar-refractivity contribution is 0.272. The highest BCUT2D eigenvalue weighted by molar-refractivity contribution is 9.10. The first-order valence-electron chi connectivity index (χ1n) is 6.54. The summed E-state index contributed by atoms with van der Waals surface area (Å²) in [5.41, 5.74) is 1.24. The molecule has 1 aliphatic rings. The minimum Gasteiger partial charge on any atom is -0.396 e. The number of nitrogens with zero attached hydrogens (tertiary/aromatic N) is 1. The molecule has 18 heavy (non-hydrogen) atoms. The number of anilines is 1. The van der Waals surface area contributed by atoms with E-state index in [1.165, 1.54) is 5.69 Å². The van der Waals surface area contributed by atoms with Gasteiger partial charge in [-0.05, 0) is 43.1 Å². The van der Waals surface area contributed by atoms with Gasteiger partial charge in [-0.3, -0.25) is 0 Å². The Morgan fingerprint density at radius 2 is 2.06 bits per heavy atom. The number of halogens is 1. The largest absolute Gasteiger partial charge is 0.396 e. The van der Waals surface area contributed by atoms with Gasteiger partial charge in [0.15, 0.2) is 0 Å². The van der Waals surface area contributed by atoms with Crippen LogP contribution in [-0.4, -0.2) is 37.4 Å². The molecule has 2 unspecified atom stereocenters. The lowest BCUT2D eigenvalue weighted by Crippen LogP contribution is -2.41. The predicted molar refractivity (Wildman–Crippen MR) is 79.0 cm³/mol. The molecule has 1 fully saturated rings. The zero-order valence-electron chi connectivity index (χ0n) is 10.8. The summed E-state index contributed by atoms with van der Waals surface area (Å²) in [5, 5.41) is 12.7. The summed E-state index contributed by atoms with van der Waals surface area (Å²) in [6.45, 7) is 5.54. The van der Waals surface area contributed by atoms with Gasteiger partial charge in [-0.15, -0.1) is 0 Å². The first-order chi connectivity index (χ1) is 8.70. The van der Waals surface area contributed by atoms with Crippen LogP contribution in [0.3, 0.4) is 0 Å². The Balaban J connectivity index is 2.20. The van der Waals surface area contributed by atoms with Crippen molar-refractivity contribution in [2.45, 2.75) is 19.4 Å². The van der Waals surface area contributed by atoms with Crippen LogP contribution in [0.5, 0.6) is 0 Å². The molecule has 1 saturated heterocycles. The van der Waals surface area contributed by atoms with E-state index in [1.54, 1.807) is 0 Å². The van der Waals surface area contributed by atoms with Gasteiger partial charge < -0.3 is 15.3 Å². The molecule has 0 aromatic heterocycles. The SMILES string of the molecule is CC1CNCC(CCO)N(c2ccc(Br)cc2)C1. The summed E-state index contributed by atoms with van der Waals surface area (Å²) in [4.78, 5) is 2.42. The van der Waals surface area contributed by atoms with Crippen molar-refractivity contribution in [1.29, 1.82) is 0 Å². The number of hydrogen-bond donors (Lipinski definition) is 2. The Labute approximate surface area is 117 Å². The fourth-order valence-corrected chi connectivity index (χ4v) is 2.78. The monoisotopic (exact) mass is 312 g/mol. The lowest BCUT2D eigenvalue weighted by Gasteiger charge is -2.32. The molecule has 4 heteroatoms. The van der Waals surface area contributed by atoms with Crippen molar-refractivity contribution in [2.24, 2.45) is 5.92 Å². The smallest absolute Gasteiger partial charge is 0.0451 e. The van der Waals surface area contributed by atoms with E-state index >= 15 is 0 Å². The molecule has 0 bridgehead atoms. The predicted octanol–water partition coefficient (Wildman–Crippen LogP) is 2.25. The van der Waals surface area contributed by atoms with Crippen LogP contribution in [-0.2, 0) is 0 Å². The first kappa shape index (κ1) is 13.8.